The average molecular weight is 292 g/mol. The molecule has 0 aliphatic carbocycles. The number of aromatic hydroxyl groups is 1. The Labute approximate surface area is 125 Å². The van der Waals surface area contributed by atoms with Gasteiger partial charge in [-0.2, -0.15) is 0 Å². The van der Waals surface area contributed by atoms with Gasteiger partial charge in [0.2, 0.25) is 0 Å². The zero-order chi connectivity index (χ0) is 15.5. The molecule has 116 valence electrons. The van der Waals surface area contributed by atoms with Gasteiger partial charge in [0.15, 0.2) is 5.84 Å². The number of hydrogen-bond acceptors (Lipinski definition) is 5. The van der Waals surface area contributed by atoms with Crippen molar-refractivity contribution in [1.29, 1.82) is 0 Å². The number of piperazine rings is 1. The van der Waals surface area contributed by atoms with Gasteiger partial charge < -0.3 is 16.0 Å². The van der Waals surface area contributed by atoms with Gasteiger partial charge in [0.05, 0.1) is 5.54 Å². The first-order chi connectivity index (χ1) is 9.93. The Hall–Kier alpha value is -1.79. The Kier molecular flexibility index (Phi) is 4.69. The number of hydrogen-bond donors (Lipinski definition) is 3. The van der Waals surface area contributed by atoms with Gasteiger partial charge in [0.1, 0.15) is 5.75 Å². The Morgan fingerprint density at radius 1 is 1.29 bits per heavy atom. The van der Waals surface area contributed by atoms with Gasteiger partial charge in [-0.05, 0) is 31.5 Å². The summed E-state index contributed by atoms with van der Waals surface area (Å²) in [7, 11) is 0. The molecule has 0 amide bonds. The van der Waals surface area contributed by atoms with E-state index in [1.54, 1.807) is 12.1 Å². The van der Waals surface area contributed by atoms with E-state index in [1.165, 1.54) is 0 Å². The molecular weight excluding hydrogens is 268 g/mol. The zero-order valence-corrected chi connectivity index (χ0v) is 12.7. The van der Waals surface area contributed by atoms with Crippen molar-refractivity contribution in [2.24, 2.45) is 10.9 Å². The zero-order valence-electron chi connectivity index (χ0n) is 12.7. The van der Waals surface area contributed by atoms with Gasteiger partial charge in [0, 0.05) is 32.7 Å². The van der Waals surface area contributed by atoms with Gasteiger partial charge in [-0.1, -0.05) is 17.3 Å². The van der Waals surface area contributed by atoms with Crippen molar-refractivity contribution in [2.75, 3.05) is 26.2 Å². The monoisotopic (exact) mass is 292 g/mol. The lowest BCUT2D eigenvalue weighted by atomic mass is 10.00. The second kappa shape index (κ2) is 6.32. The minimum atomic E-state index is -0.439. The Morgan fingerprint density at radius 3 is 2.52 bits per heavy atom. The van der Waals surface area contributed by atoms with Crippen LogP contribution in [0.2, 0.25) is 0 Å². The Bertz CT molecular complexity index is 508. The first kappa shape index (κ1) is 15.6. The van der Waals surface area contributed by atoms with Crippen LogP contribution in [0, 0.1) is 0 Å². The molecule has 21 heavy (non-hydrogen) atoms. The molecular formula is C15H24N4O2. The predicted octanol–water partition coefficient (Wildman–Crippen LogP) is 1.03. The summed E-state index contributed by atoms with van der Waals surface area (Å²) in [5.41, 5.74) is 6.45. The molecule has 0 bridgehead atoms. The maximum Gasteiger partial charge on any atom is 0.159 e. The van der Waals surface area contributed by atoms with E-state index in [0.717, 1.165) is 38.3 Å². The minimum Gasteiger partial charge on any atom is -0.508 e. The minimum absolute atomic E-state index is 0.240. The molecule has 1 aromatic carbocycles. The van der Waals surface area contributed by atoms with Crippen LogP contribution in [0.15, 0.2) is 29.4 Å². The highest BCUT2D eigenvalue weighted by Gasteiger charge is 2.33. The molecule has 1 fully saturated rings. The SMILES string of the molecule is CC(C)(/C(N)=N/O)N1CCN(Cc2cccc(O)c2)CC1. The third-order valence-corrected chi connectivity index (χ3v) is 4.21. The second-order valence-corrected chi connectivity index (χ2v) is 5.98. The van der Waals surface area contributed by atoms with E-state index in [-0.39, 0.29) is 5.84 Å². The largest absolute Gasteiger partial charge is 0.508 e. The third kappa shape index (κ3) is 3.65. The summed E-state index contributed by atoms with van der Waals surface area (Å²) in [6.07, 6.45) is 0. The molecule has 1 saturated heterocycles. The van der Waals surface area contributed by atoms with Crippen LogP contribution in [-0.4, -0.2) is 57.7 Å². The molecule has 0 atom stereocenters. The second-order valence-electron chi connectivity index (χ2n) is 5.98. The topological polar surface area (TPSA) is 85.3 Å². The van der Waals surface area contributed by atoms with Crippen LogP contribution < -0.4 is 5.73 Å². The highest BCUT2D eigenvalue weighted by molar-refractivity contribution is 5.88. The Morgan fingerprint density at radius 2 is 1.95 bits per heavy atom. The van der Waals surface area contributed by atoms with Crippen LogP contribution in [0.25, 0.3) is 0 Å². The fourth-order valence-electron chi connectivity index (χ4n) is 2.66. The number of phenolic OH excluding ortho intramolecular Hbond substituents is 1. The summed E-state index contributed by atoms with van der Waals surface area (Å²) in [6.45, 7) is 8.31. The van der Waals surface area contributed by atoms with Gasteiger partial charge in [-0.25, -0.2) is 0 Å². The summed E-state index contributed by atoms with van der Waals surface area (Å²) in [5.74, 6) is 0.545. The highest BCUT2D eigenvalue weighted by Crippen LogP contribution is 2.19. The molecule has 0 unspecified atom stereocenters. The lowest BCUT2D eigenvalue weighted by Gasteiger charge is -2.43. The van der Waals surface area contributed by atoms with Crippen molar-refractivity contribution in [3.63, 3.8) is 0 Å². The molecule has 0 radical (unpaired) electrons. The summed E-state index contributed by atoms with van der Waals surface area (Å²) >= 11 is 0. The molecule has 6 nitrogen and oxygen atoms in total. The quantitative estimate of drug-likeness (QED) is 0.334. The highest BCUT2D eigenvalue weighted by atomic mass is 16.4. The van der Waals surface area contributed by atoms with E-state index in [2.05, 4.69) is 15.0 Å². The van der Waals surface area contributed by atoms with Gasteiger partial charge in [-0.3, -0.25) is 9.80 Å². The van der Waals surface area contributed by atoms with E-state index < -0.39 is 5.54 Å². The van der Waals surface area contributed by atoms with Gasteiger partial charge in [0.25, 0.3) is 0 Å². The summed E-state index contributed by atoms with van der Waals surface area (Å²) < 4.78 is 0. The van der Waals surface area contributed by atoms with Crippen LogP contribution >= 0.6 is 0 Å². The van der Waals surface area contributed by atoms with E-state index in [0.29, 0.717) is 5.75 Å². The molecule has 0 spiro atoms. The molecule has 6 heteroatoms. The molecule has 1 aliphatic heterocycles. The number of benzene rings is 1. The smallest absolute Gasteiger partial charge is 0.159 e. The van der Waals surface area contributed by atoms with E-state index in [9.17, 15) is 5.11 Å². The molecule has 1 aromatic rings. The summed E-state index contributed by atoms with van der Waals surface area (Å²) in [5, 5.41) is 21.5. The lowest BCUT2D eigenvalue weighted by molar-refractivity contribution is 0.0793. The van der Waals surface area contributed by atoms with E-state index in [4.69, 9.17) is 10.9 Å². The van der Waals surface area contributed by atoms with Crippen LogP contribution in [-0.2, 0) is 6.54 Å². The summed E-state index contributed by atoms with van der Waals surface area (Å²) in [6, 6.07) is 7.36. The lowest BCUT2D eigenvalue weighted by Crippen LogP contribution is -2.59. The van der Waals surface area contributed by atoms with Crippen molar-refractivity contribution in [1.82, 2.24) is 9.80 Å². The molecule has 0 aromatic heterocycles. The first-order valence-electron chi connectivity index (χ1n) is 7.17. The summed E-state index contributed by atoms with van der Waals surface area (Å²) in [4.78, 5) is 4.56. The molecule has 0 saturated carbocycles. The molecule has 1 heterocycles. The number of amidine groups is 1. The maximum atomic E-state index is 9.50. The van der Waals surface area contributed by atoms with Crippen LogP contribution in [0.3, 0.4) is 0 Å². The number of nitrogens with two attached hydrogens (primary N) is 1. The normalized spacial score (nSPS) is 18.9. The maximum absolute atomic E-state index is 9.50. The van der Waals surface area contributed by atoms with E-state index >= 15 is 0 Å². The van der Waals surface area contributed by atoms with E-state index in [1.807, 2.05) is 26.0 Å². The standard InChI is InChI=1S/C15H24N4O2/c1-15(2,14(16)17-21)19-8-6-18(7-9-19)11-12-4-3-5-13(20)10-12/h3-5,10,20-21H,6-9,11H2,1-2H3,(H2,16,17). The molecule has 2 rings (SSSR count). The molecule has 1 aliphatic rings. The fourth-order valence-corrected chi connectivity index (χ4v) is 2.66. The van der Waals surface area contributed by atoms with Crippen LogP contribution in [0.5, 0.6) is 5.75 Å². The Balaban J connectivity index is 1.92. The number of rotatable bonds is 4. The van der Waals surface area contributed by atoms with Crippen LogP contribution in [0.4, 0.5) is 0 Å². The van der Waals surface area contributed by atoms with Crippen molar-refractivity contribution in [3.05, 3.63) is 29.8 Å². The molecule has 4 N–H and O–H groups in total. The van der Waals surface area contributed by atoms with Crippen molar-refractivity contribution < 1.29 is 10.3 Å². The van der Waals surface area contributed by atoms with Gasteiger partial charge >= 0.3 is 0 Å². The fraction of sp³-hybridized carbons (Fsp3) is 0.533. The first-order valence-corrected chi connectivity index (χ1v) is 7.17. The van der Waals surface area contributed by atoms with Crippen molar-refractivity contribution in [3.8, 4) is 5.75 Å². The average Bonchev–Trinajstić information content (AvgIpc) is 2.47. The van der Waals surface area contributed by atoms with Crippen molar-refractivity contribution in [2.45, 2.75) is 25.9 Å². The third-order valence-electron chi connectivity index (χ3n) is 4.21. The number of phenols is 1. The number of nitrogens with zero attached hydrogens (tertiary/aromatic N) is 3. The van der Waals surface area contributed by atoms with Gasteiger partial charge in [-0.15, -0.1) is 0 Å². The predicted molar refractivity (Wildman–Crippen MR) is 82.4 cm³/mol. The van der Waals surface area contributed by atoms with Crippen molar-refractivity contribution >= 4 is 5.84 Å². The van der Waals surface area contributed by atoms with Crippen LogP contribution in [0.1, 0.15) is 19.4 Å². The number of oxime groups is 1.